The van der Waals surface area contributed by atoms with Gasteiger partial charge in [-0.15, -0.1) is 0 Å². The van der Waals surface area contributed by atoms with E-state index in [-0.39, 0.29) is 12.5 Å². The summed E-state index contributed by atoms with van der Waals surface area (Å²) < 4.78 is 5.51. The summed E-state index contributed by atoms with van der Waals surface area (Å²) in [5, 5.41) is 3.03. The molecule has 0 aliphatic heterocycles. The molecule has 4 heteroatoms. The van der Waals surface area contributed by atoms with Crippen molar-refractivity contribution in [2.75, 3.05) is 26.0 Å². The van der Waals surface area contributed by atoms with Gasteiger partial charge in [0.15, 0.2) is 6.61 Å². The number of amides is 1. The minimum atomic E-state index is -0.0449. The second-order valence-corrected chi connectivity index (χ2v) is 4.80. The van der Waals surface area contributed by atoms with Crippen LogP contribution >= 0.6 is 0 Å². The van der Waals surface area contributed by atoms with Crippen molar-refractivity contribution >= 4 is 11.6 Å². The van der Waals surface area contributed by atoms with Crippen LogP contribution in [0, 0.1) is 0 Å². The predicted octanol–water partition coefficient (Wildman–Crippen LogP) is 2.77. The second-order valence-electron chi connectivity index (χ2n) is 4.80. The number of carbonyl (C=O) groups is 1. The summed E-state index contributed by atoms with van der Waals surface area (Å²) in [6, 6.07) is 17.4. The number of hydrogen-bond acceptors (Lipinski definition) is 3. The van der Waals surface area contributed by atoms with Crippen molar-refractivity contribution in [3.63, 3.8) is 0 Å². The first kappa shape index (κ1) is 14.9. The van der Waals surface area contributed by atoms with Crippen LogP contribution in [0.25, 0.3) is 0 Å². The van der Waals surface area contributed by atoms with Crippen LogP contribution in [0.4, 0.5) is 5.69 Å². The van der Waals surface area contributed by atoms with Gasteiger partial charge in [-0.05, 0) is 29.8 Å². The van der Waals surface area contributed by atoms with Gasteiger partial charge in [0.05, 0.1) is 0 Å². The first-order valence-corrected chi connectivity index (χ1v) is 6.87. The average Bonchev–Trinajstić information content (AvgIpc) is 2.54. The highest BCUT2D eigenvalue weighted by atomic mass is 16.5. The Morgan fingerprint density at radius 3 is 2.38 bits per heavy atom. The quantitative estimate of drug-likeness (QED) is 0.887. The summed E-state index contributed by atoms with van der Waals surface area (Å²) in [7, 11) is 3.64. The molecule has 0 unspecified atom stereocenters. The van der Waals surface area contributed by atoms with Crippen molar-refractivity contribution in [1.82, 2.24) is 4.90 Å². The molecule has 0 fully saturated rings. The molecule has 0 saturated carbocycles. The summed E-state index contributed by atoms with van der Waals surface area (Å²) >= 11 is 0. The molecule has 2 rings (SSSR count). The molecule has 0 spiro atoms. The first-order chi connectivity index (χ1) is 10.2. The molecule has 0 aromatic heterocycles. The average molecular weight is 284 g/mol. The molecule has 2 aromatic carbocycles. The third kappa shape index (κ3) is 4.53. The molecule has 110 valence electrons. The van der Waals surface area contributed by atoms with E-state index < -0.39 is 0 Å². The molecule has 0 saturated heterocycles. The lowest BCUT2D eigenvalue weighted by Crippen LogP contribution is -2.30. The largest absolute Gasteiger partial charge is 0.484 e. The molecule has 0 bridgehead atoms. The maximum absolute atomic E-state index is 12.0. The smallest absolute Gasteiger partial charge is 0.260 e. The van der Waals surface area contributed by atoms with Gasteiger partial charge in [-0.25, -0.2) is 0 Å². The van der Waals surface area contributed by atoms with Crippen molar-refractivity contribution < 1.29 is 9.53 Å². The van der Waals surface area contributed by atoms with E-state index in [0.717, 1.165) is 11.3 Å². The number of hydrogen-bond donors (Lipinski definition) is 1. The Hall–Kier alpha value is -2.49. The Labute approximate surface area is 125 Å². The fourth-order valence-corrected chi connectivity index (χ4v) is 1.92. The Kier molecular flexibility index (Phi) is 5.21. The lowest BCUT2D eigenvalue weighted by atomic mass is 10.2. The van der Waals surface area contributed by atoms with Crippen LogP contribution in [-0.2, 0) is 11.3 Å². The molecule has 0 atom stereocenters. The Morgan fingerprint density at radius 2 is 1.76 bits per heavy atom. The zero-order chi connectivity index (χ0) is 15.1. The summed E-state index contributed by atoms with van der Waals surface area (Å²) in [5.41, 5.74) is 2.11. The summed E-state index contributed by atoms with van der Waals surface area (Å²) in [4.78, 5) is 13.7. The monoisotopic (exact) mass is 284 g/mol. The van der Waals surface area contributed by atoms with Gasteiger partial charge in [-0.2, -0.15) is 0 Å². The number of rotatable bonds is 6. The van der Waals surface area contributed by atoms with Crippen LogP contribution in [0.5, 0.6) is 5.75 Å². The van der Waals surface area contributed by atoms with Gasteiger partial charge >= 0.3 is 0 Å². The van der Waals surface area contributed by atoms with E-state index in [1.165, 1.54) is 0 Å². The van der Waals surface area contributed by atoms with Crippen LogP contribution in [0.15, 0.2) is 54.6 Å². The van der Waals surface area contributed by atoms with Gasteiger partial charge < -0.3 is 15.0 Å². The van der Waals surface area contributed by atoms with Crippen molar-refractivity contribution in [1.29, 1.82) is 0 Å². The number of nitrogens with one attached hydrogen (secondary N) is 1. The molecule has 2 aromatic rings. The molecule has 21 heavy (non-hydrogen) atoms. The summed E-state index contributed by atoms with van der Waals surface area (Å²) in [6.07, 6.45) is 0. The number of nitrogens with zero attached hydrogens (tertiary/aromatic N) is 1. The van der Waals surface area contributed by atoms with Crippen molar-refractivity contribution in [3.05, 3.63) is 60.2 Å². The van der Waals surface area contributed by atoms with E-state index >= 15 is 0 Å². The maximum atomic E-state index is 12.0. The van der Waals surface area contributed by atoms with Crippen molar-refractivity contribution in [2.24, 2.45) is 0 Å². The molecule has 1 amide bonds. The zero-order valence-corrected chi connectivity index (χ0v) is 12.4. The number of ether oxygens (including phenoxy) is 1. The van der Waals surface area contributed by atoms with Gasteiger partial charge in [0.1, 0.15) is 5.75 Å². The van der Waals surface area contributed by atoms with Crippen LogP contribution in [0.2, 0.25) is 0 Å². The van der Waals surface area contributed by atoms with Crippen LogP contribution in [-0.4, -0.2) is 31.5 Å². The fourth-order valence-electron chi connectivity index (χ4n) is 1.92. The number of benzene rings is 2. The van der Waals surface area contributed by atoms with E-state index in [4.69, 9.17) is 4.74 Å². The number of carbonyl (C=O) groups excluding carboxylic acids is 1. The van der Waals surface area contributed by atoms with E-state index in [9.17, 15) is 4.79 Å². The Morgan fingerprint density at radius 1 is 1.10 bits per heavy atom. The molecule has 4 nitrogen and oxygen atoms in total. The number of likely N-dealkylation sites (N-methyl/N-ethyl adjacent to an activating group) is 1. The van der Waals surface area contributed by atoms with E-state index in [2.05, 4.69) is 5.32 Å². The third-order valence-corrected chi connectivity index (χ3v) is 3.19. The molecular weight excluding hydrogens is 264 g/mol. The molecule has 0 aliphatic carbocycles. The highest BCUT2D eigenvalue weighted by Crippen LogP contribution is 2.15. The highest BCUT2D eigenvalue weighted by Gasteiger charge is 2.10. The fraction of sp³-hybridized carbons (Fsp3) is 0.235. The van der Waals surface area contributed by atoms with E-state index in [0.29, 0.717) is 12.3 Å². The normalized spacial score (nSPS) is 10.0. The van der Waals surface area contributed by atoms with E-state index in [1.807, 2.05) is 61.6 Å². The SMILES string of the molecule is CNc1ccc(OCC(=O)N(C)Cc2ccccc2)cc1. The lowest BCUT2D eigenvalue weighted by Gasteiger charge is -2.17. The second kappa shape index (κ2) is 7.33. The van der Waals surface area contributed by atoms with Gasteiger partial charge in [0.2, 0.25) is 0 Å². The zero-order valence-electron chi connectivity index (χ0n) is 12.4. The summed E-state index contributed by atoms with van der Waals surface area (Å²) in [6.45, 7) is 0.629. The van der Waals surface area contributed by atoms with Gasteiger partial charge in [0, 0.05) is 26.3 Å². The minimum Gasteiger partial charge on any atom is -0.484 e. The molecule has 0 heterocycles. The summed E-state index contributed by atoms with van der Waals surface area (Å²) in [5.74, 6) is 0.645. The highest BCUT2D eigenvalue weighted by molar-refractivity contribution is 5.77. The molecule has 0 aliphatic rings. The van der Waals surface area contributed by atoms with Crippen LogP contribution in [0.3, 0.4) is 0 Å². The van der Waals surface area contributed by atoms with Crippen molar-refractivity contribution in [2.45, 2.75) is 6.54 Å². The Bertz CT molecular complexity index is 567. The molecule has 0 radical (unpaired) electrons. The third-order valence-electron chi connectivity index (χ3n) is 3.19. The molecular formula is C17H20N2O2. The van der Waals surface area contributed by atoms with Crippen LogP contribution in [0.1, 0.15) is 5.56 Å². The van der Waals surface area contributed by atoms with E-state index in [1.54, 1.807) is 11.9 Å². The predicted molar refractivity (Wildman–Crippen MR) is 84.4 cm³/mol. The topological polar surface area (TPSA) is 41.6 Å². The number of anilines is 1. The standard InChI is InChI=1S/C17H20N2O2/c1-18-15-8-10-16(11-9-15)21-13-17(20)19(2)12-14-6-4-3-5-7-14/h3-11,18H,12-13H2,1-2H3. The first-order valence-electron chi connectivity index (χ1n) is 6.87. The van der Waals surface area contributed by atoms with Gasteiger partial charge in [-0.3, -0.25) is 4.79 Å². The minimum absolute atomic E-state index is 0.0439. The molecule has 1 N–H and O–H groups in total. The maximum Gasteiger partial charge on any atom is 0.260 e. The van der Waals surface area contributed by atoms with Gasteiger partial charge in [-0.1, -0.05) is 30.3 Å². The Balaban J connectivity index is 1.83. The van der Waals surface area contributed by atoms with Crippen molar-refractivity contribution in [3.8, 4) is 5.75 Å². The lowest BCUT2D eigenvalue weighted by molar-refractivity contribution is -0.132. The van der Waals surface area contributed by atoms with Crippen LogP contribution < -0.4 is 10.1 Å². The van der Waals surface area contributed by atoms with Gasteiger partial charge in [0.25, 0.3) is 5.91 Å².